The highest BCUT2D eigenvalue weighted by atomic mass is 14.1. The summed E-state index contributed by atoms with van der Waals surface area (Å²) in [7, 11) is 0. The van der Waals surface area contributed by atoms with Gasteiger partial charge in [-0.3, -0.25) is 0 Å². The van der Waals surface area contributed by atoms with Crippen molar-refractivity contribution in [3.8, 4) is 11.8 Å². The van der Waals surface area contributed by atoms with Gasteiger partial charge in [-0.1, -0.05) is 130 Å². The predicted molar refractivity (Wildman–Crippen MR) is 129 cm³/mol. The van der Waals surface area contributed by atoms with Crippen molar-refractivity contribution in [2.75, 3.05) is 0 Å². The minimum Gasteiger partial charge on any atom is -0.103 e. The Kier molecular flexibility index (Phi) is 22.5. The van der Waals surface area contributed by atoms with E-state index in [4.69, 9.17) is 0 Å². The molecule has 0 rings (SSSR count). The lowest BCUT2D eigenvalue weighted by Crippen LogP contribution is -2.02. The SMILES string of the molecule is [CH2]CCCC#CCCCCCCC(CC)CCCC(C)CCCCCCC[CH2]. The lowest BCUT2D eigenvalue weighted by Gasteiger charge is -2.16. The molecule has 28 heavy (non-hydrogen) atoms. The van der Waals surface area contributed by atoms with Gasteiger partial charge in [-0.05, 0) is 24.7 Å². The molecule has 164 valence electrons. The first-order valence-electron chi connectivity index (χ1n) is 12.8. The lowest BCUT2D eigenvalue weighted by atomic mass is 9.90. The van der Waals surface area contributed by atoms with Gasteiger partial charge in [-0.2, -0.15) is 0 Å². The Hall–Kier alpha value is -0.440. The van der Waals surface area contributed by atoms with Crippen LogP contribution in [0.3, 0.4) is 0 Å². The molecule has 0 spiro atoms. The van der Waals surface area contributed by atoms with Crippen LogP contribution in [0.25, 0.3) is 0 Å². The van der Waals surface area contributed by atoms with Gasteiger partial charge in [0.05, 0.1) is 0 Å². The van der Waals surface area contributed by atoms with Gasteiger partial charge in [-0.15, -0.1) is 11.8 Å². The molecule has 0 nitrogen and oxygen atoms in total. The van der Waals surface area contributed by atoms with Crippen molar-refractivity contribution >= 4 is 0 Å². The van der Waals surface area contributed by atoms with Gasteiger partial charge in [0.2, 0.25) is 0 Å². The van der Waals surface area contributed by atoms with Crippen molar-refractivity contribution in [2.24, 2.45) is 11.8 Å². The first-order chi connectivity index (χ1) is 13.7. The molecule has 0 fully saturated rings. The van der Waals surface area contributed by atoms with E-state index in [9.17, 15) is 0 Å². The maximum Gasteiger partial charge on any atom is 0.00886 e. The maximum absolute atomic E-state index is 3.93. The average molecular weight is 389 g/mol. The van der Waals surface area contributed by atoms with E-state index in [0.29, 0.717) is 0 Å². The highest BCUT2D eigenvalue weighted by molar-refractivity contribution is 4.98. The molecule has 0 aliphatic rings. The van der Waals surface area contributed by atoms with E-state index in [1.807, 2.05) is 0 Å². The molecule has 0 saturated carbocycles. The molecule has 0 aliphatic heterocycles. The van der Waals surface area contributed by atoms with Crippen LogP contribution in [0.15, 0.2) is 0 Å². The second-order valence-electron chi connectivity index (χ2n) is 8.98. The van der Waals surface area contributed by atoms with Crippen LogP contribution in [0, 0.1) is 37.5 Å². The Morgan fingerprint density at radius 1 is 0.571 bits per heavy atom. The van der Waals surface area contributed by atoms with E-state index in [0.717, 1.165) is 43.9 Å². The van der Waals surface area contributed by atoms with E-state index in [1.165, 1.54) is 96.3 Å². The quantitative estimate of drug-likeness (QED) is 0.144. The molecule has 2 atom stereocenters. The van der Waals surface area contributed by atoms with Gasteiger partial charge in [0.25, 0.3) is 0 Å². The molecular formula is C28H52. The third kappa shape index (κ3) is 20.3. The van der Waals surface area contributed by atoms with Crippen LogP contribution in [-0.4, -0.2) is 0 Å². The molecule has 2 radical (unpaired) electrons. The zero-order valence-electron chi connectivity index (χ0n) is 19.7. The van der Waals surface area contributed by atoms with Gasteiger partial charge >= 0.3 is 0 Å². The lowest BCUT2D eigenvalue weighted by molar-refractivity contribution is 0.367. The molecule has 0 heteroatoms. The van der Waals surface area contributed by atoms with E-state index in [1.54, 1.807) is 0 Å². The summed E-state index contributed by atoms with van der Waals surface area (Å²) in [5.41, 5.74) is 0. The van der Waals surface area contributed by atoms with E-state index in [-0.39, 0.29) is 0 Å². The van der Waals surface area contributed by atoms with E-state index in [2.05, 4.69) is 39.5 Å². The fraction of sp³-hybridized carbons (Fsp3) is 0.857. The van der Waals surface area contributed by atoms with Crippen molar-refractivity contribution in [3.05, 3.63) is 13.8 Å². The van der Waals surface area contributed by atoms with Crippen LogP contribution < -0.4 is 0 Å². The second kappa shape index (κ2) is 22.8. The first-order valence-corrected chi connectivity index (χ1v) is 12.8. The topological polar surface area (TPSA) is 0 Å². The van der Waals surface area contributed by atoms with Crippen LogP contribution in [0.2, 0.25) is 0 Å². The molecule has 0 aromatic rings. The number of hydrogen-bond acceptors (Lipinski definition) is 0. The minimum atomic E-state index is 0.931. The van der Waals surface area contributed by atoms with Gasteiger partial charge in [0.1, 0.15) is 0 Å². The highest BCUT2D eigenvalue weighted by Crippen LogP contribution is 2.23. The summed E-state index contributed by atoms with van der Waals surface area (Å²) in [6.07, 6.45) is 26.5. The van der Waals surface area contributed by atoms with Crippen LogP contribution in [0.5, 0.6) is 0 Å². The Labute approximate surface area is 180 Å². The summed E-state index contributed by atoms with van der Waals surface area (Å²) in [6.45, 7) is 12.6. The predicted octanol–water partition coefficient (Wildman–Crippen LogP) is 9.73. The van der Waals surface area contributed by atoms with E-state index >= 15 is 0 Å². The average Bonchev–Trinajstić information content (AvgIpc) is 2.70. The second-order valence-corrected chi connectivity index (χ2v) is 8.98. The number of hydrogen-bond donors (Lipinski definition) is 0. The first kappa shape index (κ1) is 27.6. The molecule has 0 N–H and O–H groups in total. The van der Waals surface area contributed by atoms with Crippen LogP contribution in [0.1, 0.15) is 142 Å². The molecule has 0 amide bonds. The molecule has 0 bridgehead atoms. The standard InChI is InChI=1S/C28H52/c1-5-8-10-12-14-15-16-17-19-21-25-28(7-3)26-22-24-27(4)23-20-18-13-11-9-6-2/h27-28H,1-2,5-11,13,15-26H2,3-4H3. The fourth-order valence-corrected chi connectivity index (χ4v) is 4.04. The number of rotatable bonds is 20. The smallest absolute Gasteiger partial charge is 0.00886 e. The van der Waals surface area contributed by atoms with Crippen molar-refractivity contribution in [3.63, 3.8) is 0 Å². The Morgan fingerprint density at radius 3 is 1.75 bits per heavy atom. The van der Waals surface area contributed by atoms with Crippen LogP contribution >= 0.6 is 0 Å². The number of unbranched alkanes of at least 4 members (excludes halogenated alkanes) is 11. The molecule has 2 unspecified atom stereocenters. The fourth-order valence-electron chi connectivity index (χ4n) is 4.04. The summed E-state index contributed by atoms with van der Waals surface area (Å²) in [5, 5.41) is 0. The summed E-state index contributed by atoms with van der Waals surface area (Å²) in [4.78, 5) is 0. The molecule has 0 saturated heterocycles. The largest absolute Gasteiger partial charge is 0.103 e. The van der Waals surface area contributed by atoms with Crippen molar-refractivity contribution in [1.29, 1.82) is 0 Å². The van der Waals surface area contributed by atoms with Gasteiger partial charge in [0, 0.05) is 12.8 Å². The van der Waals surface area contributed by atoms with Crippen LogP contribution in [0.4, 0.5) is 0 Å². The van der Waals surface area contributed by atoms with Gasteiger partial charge in [-0.25, -0.2) is 0 Å². The third-order valence-corrected chi connectivity index (χ3v) is 6.17. The highest BCUT2D eigenvalue weighted by Gasteiger charge is 2.08. The third-order valence-electron chi connectivity index (χ3n) is 6.17. The molecule has 0 aromatic heterocycles. The van der Waals surface area contributed by atoms with Crippen LogP contribution in [-0.2, 0) is 0 Å². The Balaban J connectivity index is 3.51. The minimum absolute atomic E-state index is 0.931. The van der Waals surface area contributed by atoms with Gasteiger partial charge in [0.15, 0.2) is 0 Å². The van der Waals surface area contributed by atoms with Gasteiger partial charge < -0.3 is 0 Å². The summed E-state index contributed by atoms with van der Waals surface area (Å²) >= 11 is 0. The summed E-state index contributed by atoms with van der Waals surface area (Å²) in [5.74, 6) is 8.48. The Bertz CT molecular complexity index is 345. The zero-order chi connectivity index (χ0) is 20.7. The normalized spacial score (nSPS) is 13.1. The van der Waals surface area contributed by atoms with Crippen molar-refractivity contribution < 1.29 is 0 Å². The monoisotopic (exact) mass is 388 g/mol. The molecule has 0 aromatic carbocycles. The summed E-state index contributed by atoms with van der Waals surface area (Å²) < 4.78 is 0. The maximum atomic E-state index is 3.93. The molecular weight excluding hydrogens is 336 g/mol. The molecule has 0 heterocycles. The molecule has 0 aliphatic carbocycles. The zero-order valence-corrected chi connectivity index (χ0v) is 19.7. The Morgan fingerprint density at radius 2 is 1.07 bits per heavy atom. The van der Waals surface area contributed by atoms with Crippen molar-refractivity contribution in [2.45, 2.75) is 142 Å². The summed E-state index contributed by atoms with van der Waals surface area (Å²) in [6, 6.07) is 0. The van der Waals surface area contributed by atoms with Crippen molar-refractivity contribution in [1.82, 2.24) is 0 Å². The van der Waals surface area contributed by atoms with E-state index < -0.39 is 0 Å².